The number of imide groups is 1. The van der Waals surface area contributed by atoms with E-state index in [2.05, 4.69) is 22.5 Å². The fourth-order valence-corrected chi connectivity index (χ4v) is 4.44. The van der Waals surface area contributed by atoms with Gasteiger partial charge in [-0.05, 0) is 45.1 Å². The minimum absolute atomic E-state index is 0.159. The van der Waals surface area contributed by atoms with Gasteiger partial charge in [0.05, 0.1) is 12.7 Å². The summed E-state index contributed by atoms with van der Waals surface area (Å²) in [5.41, 5.74) is -0.769. The fraction of sp³-hybridized carbons (Fsp3) is 0.889. The molecule has 1 saturated carbocycles. The molecular formula is C18H31N3O3. The van der Waals surface area contributed by atoms with Crippen LogP contribution >= 0.6 is 0 Å². The van der Waals surface area contributed by atoms with Gasteiger partial charge in [-0.15, -0.1) is 0 Å². The van der Waals surface area contributed by atoms with Gasteiger partial charge in [0.15, 0.2) is 0 Å². The summed E-state index contributed by atoms with van der Waals surface area (Å²) in [5.74, 6) is 0.641. The lowest BCUT2D eigenvalue weighted by Gasteiger charge is -2.39. The Morgan fingerprint density at radius 3 is 2.71 bits per heavy atom. The van der Waals surface area contributed by atoms with E-state index in [1.165, 1.54) is 25.7 Å². The Morgan fingerprint density at radius 1 is 1.21 bits per heavy atom. The van der Waals surface area contributed by atoms with Gasteiger partial charge in [-0.2, -0.15) is 0 Å². The van der Waals surface area contributed by atoms with Gasteiger partial charge in [0.2, 0.25) is 0 Å². The molecule has 2 heterocycles. The zero-order valence-corrected chi connectivity index (χ0v) is 15.0. The van der Waals surface area contributed by atoms with Crippen molar-refractivity contribution < 1.29 is 14.3 Å². The summed E-state index contributed by atoms with van der Waals surface area (Å²) < 4.78 is 6.13. The number of carbonyl (C=O) groups is 2. The third-order valence-corrected chi connectivity index (χ3v) is 6.17. The minimum atomic E-state index is -0.769. The molecule has 0 radical (unpaired) electrons. The minimum Gasteiger partial charge on any atom is -0.377 e. The molecule has 3 aliphatic rings. The van der Waals surface area contributed by atoms with Gasteiger partial charge >= 0.3 is 6.03 Å². The van der Waals surface area contributed by atoms with Crippen molar-refractivity contribution in [2.75, 3.05) is 26.2 Å². The van der Waals surface area contributed by atoms with Crippen LogP contribution in [0.15, 0.2) is 0 Å². The van der Waals surface area contributed by atoms with Crippen molar-refractivity contribution in [2.45, 2.75) is 64.0 Å². The van der Waals surface area contributed by atoms with E-state index in [0.29, 0.717) is 12.0 Å². The van der Waals surface area contributed by atoms with Gasteiger partial charge in [-0.3, -0.25) is 10.1 Å². The Kier molecular flexibility index (Phi) is 5.45. The first-order valence-corrected chi connectivity index (χ1v) is 9.46. The van der Waals surface area contributed by atoms with Gasteiger partial charge in [-0.1, -0.05) is 19.8 Å². The van der Waals surface area contributed by atoms with Gasteiger partial charge in [0, 0.05) is 19.0 Å². The molecule has 4 unspecified atom stereocenters. The summed E-state index contributed by atoms with van der Waals surface area (Å²) in [5, 5.41) is 5.20. The number of ether oxygens (including phenoxy) is 1. The molecule has 24 heavy (non-hydrogen) atoms. The Bertz CT molecular complexity index is 484. The van der Waals surface area contributed by atoms with Crippen LogP contribution in [-0.2, 0) is 9.53 Å². The summed E-state index contributed by atoms with van der Waals surface area (Å²) in [7, 11) is 0. The van der Waals surface area contributed by atoms with E-state index in [4.69, 9.17) is 4.74 Å². The first kappa shape index (κ1) is 17.7. The predicted molar refractivity (Wildman–Crippen MR) is 91.6 cm³/mol. The molecule has 3 rings (SSSR count). The maximum absolute atomic E-state index is 12.1. The average molecular weight is 337 g/mol. The van der Waals surface area contributed by atoms with Crippen LogP contribution in [0.25, 0.3) is 0 Å². The van der Waals surface area contributed by atoms with E-state index in [0.717, 1.165) is 39.1 Å². The van der Waals surface area contributed by atoms with Gasteiger partial charge < -0.3 is 15.0 Å². The van der Waals surface area contributed by atoms with Crippen LogP contribution in [0.1, 0.15) is 52.4 Å². The van der Waals surface area contributed by atoms with E-state index in [1.54, 1.807) is 0 Å². The molecule has 0 aromatic heterocycles. The zero-order chi connectivity index (χ0) is 17.2. The summed E-state index contributed by atoms with van der Waals surface area (Å²) >= 11 is 0. The maximum atomic E-state index is 12.1. The monoisotopic (exact) mass is 337 g/mol. The van der Waals surface area contributed by atoms with E-state index in [-0.39, 0.29) is 17.9 Å². The number of carbonyl (C=O) groups excluding carboxylic acids is 2. The standard InChI is InChI=1S/C18H31N3O3/c1-13-6-3-4-8-15(13)24-11-10-21-9-5-7-14(12-21)18(2)16(22)19-17(23)20-18/h13-15H,3-12H2,1-2H3,(H2,19,20,22,23). The summed E-state index contributed by atoms with van der Waals surface area (Å²) in [4.78, 5) is 26.0. The second-order valence-corrected chi connectivity index (χ2v) is 7.92. The van der Waals surface area contributed by atoms with Crippen LogP contribution in [0.2, 0.25) is 0 Å². The second-order valence-electron chi connectivity index (χ2n) is 7.92. The lowest BCUT2D eigenvalue weighted by atomic mass is 9.80. The molecule has 2 saturated heterocycles. The number of hydrogen-bond donors (Lipinski definition) is 2. The third kappa shape index (κ3) is 3.75. The molecule has 3 fully saturated rings. The highest BCUT2D eigenvalue weighted by Gasteiger charge is 2.48. The van der Waals surface area contributed by atoms with Gasteiger partial charge in [0.25, 0.3) is 5.91 Å². The van der Waals surface area contributed by atoms with Gasteiger partial charge in [0.1, 0.15) is 5.54 Å². The Hall–Kier alpha value is -1.14. The number of nitrogens with one attached hydrogen (secondary N) is 2. The molecular weight excluding hydrogens is 306 g/mol. The van der Waals surface area contributed by atoms with Crippen molar-refractivity contribution in [3.8, 4) is 0 Å². The molecule has 136 valence electrons. The fourth-order valence-electron chi connectivity index (χ4n) is 4.44. The molecule has 1 aliphatic carbocycles. The van der Waals surface area contributed by atoms with Crippen LogP contribution in [0.5, 0.6) is 0 Å². The summed E-state index contributed by atoms with van der Waals surface area (Å²) in [6, 6.07) is -0.366. The average Bonchev–Trinajstić information content (AvgIpc) is 2.83. The van der Waals surface area contributed by atoms with Crippen LogP contribution in [0.3, 0.4) is 0 Å². The normalized spacial score (nSPS) is 38.0. The molecule has 0 spiro atoms. The summed E-state index contributed by atoms with van der Waals surface area (Å²) in [6.45, 7) is 7.70. The van der Waals surface area contributed by atoms with Crippen molar-refractivity contribution >= 4 is 11.9 Å². The van der Waals surface area contributed by atoms with Crippen molar-refractivity contribution in [1.29, 1.82) is 0 Å². The molecule has 2 N–H and O–H groups in total. The quantitative estimate of drug-likeness (QED) is 0.752. The van der Waals surface area contributed by atoms with Crippen LogP contribution in [-0.4, -0.2) is 54.7 Å². The first-order chi connectivity index (χ1) is 11.5. The number of amides is 3. The first-order valence-electron chi connectivity index (χ1n) is 9.46. The number of hydrogen-bond acceptors (Lipinski definition) is 4. The number of likely N-dealkylation sites (tertiary alicyclic amines) is 1. The van der Waals surface area contributed by atoms with Crippen molar-refractivity contribution in [3.05, 3.63) is 0 Å². The zero-order valence-electron chi connectivity index (χ0n) is 15.0. The van der Waals surface area contributed by atoms with Crippen LogP contribution in [0, 0.1) is 11.8 Å². The number of rotatable bonds is 5. The maximum Gasteiger partial charge on any atom is 0.322 e. The largest absolute Gasteiger partial charge is 0.377 e. The number of piperidine rings is 1. The molecule has 6 nitrogen and oxygen atoms in total. The Labute approximate surface area is 144 Å². The Balaban J connectivity index is 1.47. The van der Waals surface area contributed by atoms with Crippen molar-refractivity contribution in [1.82, 2.24) is 15.5 Å². The molecule has 0 aromatic carbocycles. The van der Waals surface area contributed by atoms with Crippen LogP contribution < -0.4 is 10.6 Å². The molecule has 0 aromatic rings. The van der Waals surface area contributed by atoms with E-state index in [9.17, 15) is 9.59 Å². The van der Waals surface area contributed by atoms with E-state index in [1.807, 2.05) is 6.92 Å². The molecule has 4 atom stereocenters. The van der Waals surface area contributed by atoms with Gasteiger partial charge in [-0.25, -0.2) is 4.79 Å². The van der Waals surface area contributed by atoms with Crippen molar-refractivity contribution in [3.63, 3.8) is 0 Å². The molecule has 6 heteroatoms. The predicted octanol–water partition coefficient (Wildman–Crippen LogP) is 1.89. The smallest absolute Gasteiger partial charge is 0.322 e. The number of urea groups is 1. The number of nitrogens with zero attached hydrogens (tertiary/aromatic N) is 1. The van der Waals surface area contributed by atoms with Crippen molar-refractivity contribution in [2.24, 2.45) is 11.8 Å². The SMILES string of the molecule is CC1CCCCC1OCCN1CCCC(C2(C)NC(=O)NC2=O)C1. The summed E-state index contributed by atoms with van der Waals surface area (Å²) in [6.07, 6.45) is 7.54. The highest BCUT2D eigenvalue weighted by atomic mass is 16.5. The third-order valence-electron chi connectivity index (χ3n) is 6.17. The lowest BCUT2D eigenvalue weighted by Crippen LogP contribution is -2.56. The molecule has 3 amide bonds. The second kappa shape index (κ2) is 7.40. The molecule has 0 bridgehead atoms. The van der Waals surface area contributed by atoms with Crippen LogP contribution in [0.4, 0.5) is 4.79 Å². The highest BCUT2D eigenvalue weighted by molar-refractivity contribution is 6.06. The van der Waals surface area contributed by atoms with E-state index >= 15 is 0 Å². The lowest BCUT2D eigenvalue weighted by molar-refractivity contribution is -0.126. The van der Waals surface area contributed by atoms with E-state index < -0.39 is 5.54 Å². The Morgan fingerprint density at radius 2 is 2.00 bits per heavy atom. The highest BCUT2D eigenvalue weighted by Crippen LogP contribution is 2.30. The molecule has 2 aliphatic heterocycles. The topological polar surface area (TPSA) is 70.7 Å².